The molecule has 0 aliphatic carbocycles. The van der Waals surface area contributed by atoms with Crippen LogP contribution in [0.1, 0.15) is 27.2 Å². The van der Waals surface area contributed by atoms with Gasteiger partial charge in [-0.05, 0) is 36.6 Å². The number of hydrogen-bond donors (Lipinski definition) is 2. The van der Waals surface area contributed by atoms with Crippen molar-refractivity contribution in [1.29, 1.82) is 0 Å². The summed E-state index contributed by atoms with van der Waals surface area (Å²) in [6.07, 6.45) is 2.94. The molecular formula is C21H21ClN4O2. The molecule has 0 saturated heterocycles. The predicted octanol–water partition coefficient (Wildman–Crippen LogP) is 4.43. The number of carbonyl (C=O) groups excluding carboxylic acids is 1. The molecule has 28 heavy (non-hydrogen) atoms. The van der Waals surface area contributed by atoms with Crippen molar-refractivity contribution in [3.8, 4) is 5.75 Å². The maximum absolute atomic E-state index is 12.3. The van der Waals surface area contributed by atoms with Crippen molar-refractivity contribution in [2.24, 2.45) is 0 Å². The molecule has 0 bridgehead atoms. The third-order valence-corrected chi connectivity index (χ3v) is 4.74. The van der Waals surface area contributed by atoms with E-state index in [-0.39, 0.29) is 11.6 Å². The fourth-order valence-electron chi connectivity index (χ4n) is 2.65. The van der Waals surface area contributed by atoms with Gasteiger partial charge in [-0.25, -0.2) is 9.97 Å². The Morgan fingerprint density at radius 1 is 1.11 bits per heavy atom. The van der Waals surface area contributed by atoms with Gasteiger partial charge in [0, 0.05) is 17.6 Å². The van der Waals surface area contributed by atoms with Crippen LogP contribution in [0.4, 0.5) is 11.5 Å². The molecule has 2 N–H and O–H groups in total. The molecule has 0 saturated carbocycles. The van der Waals surface area contributed by atoms with Crippen LogP contribution >= 0.6 is 11.6 Å². The number of carbonyl (C=O) groups is 1. The van der Waals surface area contributed by atoms with E-state index in [1.165, 1.54) is 12.4 Å². The molecule has 3 aromatic rings. The smallest absolute Gasteiger partial charge is 0.271 e. The molecule has 7 heteroatoms. The summed E-state index contributed by atoms with van der Waals surface area (Å²) < 4.78 is 5.34. The molecule has 1 amide bonds. The fourth-order valence-corrected chi connectivity index (χ4v) is 2.81. The molecule has 0 fully saturated rings. The largest absolute Gasteiger partial charge is 0.495 e. The summed E-state index contributed by atoms with van der Waals surface area (Å²) in [5, 5.41) is 6.61. The van der Waals surface area contributed by atoms with E-state index in [0.717, 1.165) is 22.4 Å². The molecule has 2 aromatic carbocycles. The number of methoxy groups -OCH3 is 1. The molecular weight excluding hydrogens is 376 g/mol. The number of hydrogen-bond acceptors (Lipinski definition) is 5. The van der Waals surface area contributed by atoms with E-state index in [9.17, 15) is 4.79 Å². The highest BCUT2D eigenvalue weighted by Gasteiger charge is 2.11. The molecule has 0 spiro atoms. The fraction of sp³-hybridized carbons (Fsp3) is 0.190. The monoisotopic (exact) mass is 396 g/mol. The summed E-state index contributed by atoms with van der Waals surface area (Å²) in [5.74, 6) is 0.815. The number of aromatic nitrogens is 2. The minimum atomic E-state index is -0.276. The quantitative estimate of drug-likeness (QED) is 0.644. The highest BCUT2D eigenvalue weighted by atomic mass is 35.5. The van der Waals surface area contributed by atoms with Crippen molar-refractivity contribution >= 4 is 29.0 Å². The van der Waals surface area contributed by atoms with E-state index in [1.54, 1.807) is 13.2 Å². The molecule has 144 valence electrons. The zero-order chi connectivity index (χ0) is 20.1. The second kappa shape index (κ2) is 8.71. The number of aryl methyl sites for hydroxylation is 2. The average molecular weight is 397 g/mol. The Labute approximate surface area is 168 Å². The van der Waals surface area contributed by atoms with E-state index < -0.39 is 0 Å². The first-order valence-electron chi connectivity index (χ1n) is 8.74. The van der Waals surface area contributed by atoms with Crippen molar-refractivity contribution in [2.45, 2.75) is 20.4 Å². The number of amides is 1. The minimum Gasteiger partial charge on any atom is -0.495 e. The summed E-state index contributed by atoms with van der Waals surface area (Å²) in [4.78, 5) is 20.8. The van der Waals surface area contributed by atoms with E-state index in [4.69, 9.17) is 16.3 Å². The lowest BCUT2D eigenvalue weighted by molar-refractivity contribution is 0.0945. The number of ether oxygens (including phenoxy) is 1. The number of nitrogens with one attached hydrogen (secondary N) is 2. The van der Waals surface area contributed by atoms with Gasteiger partial charge in [-0.1, -0.05) is 35.9 Å². The van der Waals surface area contributed by atoms with Gasteiger partial charge in [-0.15, -0.1) is 0 Å². The van der Waals surface area contributed by atoms with Gasteiger partial charge in [0.15, 0.2) is 0 Å². The molecule has 0 aliphatic heterocycles. The van der Waals surface area contributed by atoms with Gasteiger partial charge in [-0.3, -0.25) is 4.79 Å². The number of benzene rings is 2. The molecule has 0 unspecified atom stereocenters. The predicted molar refractivity (Wildman–Crippen MR) is 110 cm³/mol. The van der Waals surface area contributed by atoms with Crippen LogP contribution in [-0.4, -0.2) is 23.0 Å². The Morgan fingerprint density at radius 2 is 1.89 bits per heavy atom. The van der Waals surface area contributed by atoms with Crippen LogP contribution in [0.3, 0.4) is 0 Å². The van der Waals surface area contributed by atoms with Crippen LogP contribution in [-0.2, 0) is 6.54 Å². The maximum Gasteiger partial charge on any atom is 0.271 e. The van der Waals surface area contributed by atoms with Crippen LogP contribution in [0.25, 0.3) is 0 Å². The third-order valence-electron chi connectivity index (χ3n) is 4.33. The summed E-state index contributed by atoms with van der Waals surface area (Å²) >= 11 is 6.13. The highest BCUT2D eigenvalue weighted by Crippen LogP contribution is 2.32. The van der Waals surface area contributed by atoms with Gasteiger partial charge >= 0.3 is 0 Å². The van der Waals surface area contributed by atoms with E-state index >= 15 is 0 Å². The first kappa shape index (κ1) is 19.6. The summed E-state index contributed by atoms with van der Waals surface area (Å²) in [6.45, 7) is 4.35. The lowest BCUT2D eigenvalue weighted by atomic mass is 10.1. The van der Waals surface area contributed by atoms with Gasteiger partial charge in [0.25, 0.3) is 5.91 Å². The number of nitrogens with zero attached hydrogens (tertiary/aromatic N) is 2. The van der Waals surface area contributed by atoms with Crippen molar-refractivity contribution < 1.29 is 9.53 Å². The maximum atomic E-state index is 12.3. The SMILES string of the molecule is COc1cc(Cl)c(C)cc1Nc1cnc(C(=O)NCc2ccccc2C)cn1. The second-order valence-electron chi connectivity index (χ2n) is 6.32. The van der Waals surface area contributed by atoms with Gasteiger partial charge in [0.2, 0.25) is 0 Å². The molecule has 0 atom stereocenters. The van der Waals surface area contributed by atoms with Crippen LogP contribution in [0.15, 0.2) is 48.8 Å². The normalized spacial score (nSPS) is 10.4. The molecule has 1 heterocycles. The van der Waals surface area contributed by atoms with Crippen molar-refractivity contribution in [2.75, 3.05) is 12.4 Å². The van der Waals surface area contributed by atoms with Crippen molar-refractivity contribution in [1.82, 2.24) is 15.3 Å². The van der Waals surface area contributed by atoms with Crippen LogP contribution < -0.4 is 15.4 Å². The van der Waals surface area contributed by atoms with E-state index in [2.05, 4.69) is 20.6 Å². The first-order valence-corrected chi connectivity index (χ1v) is 9.11. The van der Waals surface area contributed by atoms with Crippen LogP contribution in [0.5, 0.6) is 5.75 Å². The molecule has 0 radical (unpaired) electrons. The standard InChI is InChI=1S/C21H21ClN4O2/c1-13-6-4-5-7-15(13)10-25-21(27)18-11-24-20(12-23-18)26-17-8-14(2)16(22)9-19(17)28-3/h4-9,11-12H,10H2,1-3H3,(H,24,26)(H,25,27). The summed E-state index contributed by atoms with van der Waals surface area (Å²) in [7, 11) is 1.57. The number of halogens is 1. The van der Waals surface area contributed by atoms with Crippen LogP contribution in [0.2, 0.25) is 5.02 Å². The van der Waals surface area contributed by atoms with Crippen LogP contribution in [0, 0.1) is 13.8 Å². The zero-order valence-corrected chi connectivity index (χ0v) is 16.7. The number of rotatable bonds is 6. The Balaban J connectivity index is 1.67. The highest BCUT2D eigenvalue weighted by molar-refractivity contribution is 6.31. The zero-order valence-electron chi connectivity index (χ0n) is 15.9. The Hall–Kier alpha value is -3.12. The van der Waals surface area contributed by atoms with E-state index in [0.29, 0.717) is 23.1 Å². The Morgan fingerprint density at radius 3 is 2.57 bits per heavy atom. The van der Waals surface area contributed by atoms with Gasteiger partial charge in [0.1, 0.15) is 17.3 Å². The van der Waals surface area contributed by atoms with Gasteiger partial charge in [-0.2, -0.15) is 0 Å². The summed E-state index contributed by atoms with van der Waals surface area (Å²) in [5.41, 5.74) is 4.06. The summed E-state index contributed by atoms with van der Waals surface area (Å²) in [6, 6.07) is 11.5. The van der Waals surface area contributed by atoms with Gasteiger partial charge in [0.05, 0.1) is 25.2 Å². The average Bonchev–Trinajstić information content (AvgIpc) is 2.70. The van der Waals surface area contributed by atoms with Gasteiger partial charge < -0.3 is 15.4 Å². The Bertz CT molecular complexity index is 990. The lowest BCUT2D eigenvalue weighted by Gasteiger charge is -2.12. The van der Waals surface area contributed by atoms with Crippen molar-refractivity contribution in [3.63, 3.8) is 0 Å². The Kier molecular flexibility index (Phi) is 6.11. The topological polar surface area (TPSA) is 76.1 Å². The van der Waals surface area contributed by atoms with Crippen molar-refractivity contribution in [3.05, 3.63) is 76.2 Å². The molecule has 3 rings (SSSR count). The second-order valence-corrected chi connectivity index (χ2v) is 6.73. The molecule has 6 nitrogen and oxygen atoms in total. The molecule has 1 aromatic heterocycles. The lowest BCUT2D eigenvalue weighted by Crippen LogP contribution is -2.24. The minimum absolute atomic E-state index is 0.249. The third kappa shape index (κ3) is 4.58. The number of anilines is 2. The molecule has 0 aliphatic rings. The first-order chi connectivity index (χ1) is 13.5. The van der Waals surface area contributed by atoms with E-state index in [1.807, 2.05) is 44.2 Å².